The molecule has 1 fully saturated rings. The Morgan fingerprint density at radius 3 is 2.65 bits per heavy atom. The summed E-state index contributed by atoms with van der Waals surface area (Å²) >= 11 is 0. The molecule has 0 bridgehead atoms. The number of hydrogen-bond donors (Lipinski definition) is 1. The molecular formula is C15H25N3O2. The van der Waals surface area contributed by atoms with Crippen molar-refractivity contribution in [2.45, 2.75) is 65.1 Å². The molecule has 1 atom stereocenters. The van der Waals surface area contributed by atoms with Gasteiger partial charge in [0, 0.05) is 18.3 Å². The van der Waals surface area contributed by atoms with Crippen molar-refractivity contribution in [2.75, 3.05) is 6.54 Å². The van der Waals surface area contributed by atoms with E-state index in [4.69, 9.17) is 0 Å². The number of nitrogens with zero attached hydrogens (tertiary/aromatic N) is 3. The molecule has 1 saturated heterocycles. The minimum atomic E-state index is -0.867. The van der Waals surface area contributed by atoms with Crippen LogP contribution < -0.4 is 0 Å². The lowest BCUT2D eigenvalue weighted by Gasteiger charge is -2.33. The zero-order valence-corrected chi connectivity index (χ0v) is 13.1. The number of carbonyl (C=O) groups excluding carboxylic acids is 1. The maximum Gasteiger partial charge on any atom is 0.257 e. The summed E-state index contributed by atoms with van der Waals surface area (Å²) in [4.78, 5) is 14.5. The summed E-state index contributed by atoms with van der Waals surface area (Å²) in [5.74, 6) is -0.0148. The number of aliphatic hydroxyl groups is 1. The Labute approximate surface area is 120 Å². The molecule has 5 heteroatoms. The average Bonchev–Trinajstić information content (AvgIpc) is 2.92. The highest BCUT2D eigenvalue weighted by molar-refractivity contribution is 5.95. The van der Waals surface area contributed by atoms with E-state index >= 15 is 0 Å². The molecule has 5 nitrogen and oxygen atoms in total. The third-order valence-corrected chi connectivity index (χ3v) is 4.09. The van der Waals surface area contributed by atoms with Crippen LogP contribution in [0.3, 0.4) is 0 Å². The summed E-state index contributed by atoms with van der Waals surface area (Å²) in [6.45, 7) is 10.3. The van der Waals surface area contributed by atoms with E-state index in [2.05, 4.69) is 5.10 Å². The minimum Gasteiger partial charge on any atom is -0.388 e. The van der Waals surface area contributed by atoms with E-state index in [9.17, 15) is 9.90 Å². The summed E-state index contributed by atoms with van der Waals surface area (Å²) in [5, 5.41) is 14.5. The molecule has 0 radical (unpaired) electrons. The van der Waals surface area contributed by atoms with Gasteiger partial charge in [0.2, 0.25) is 0 Å². The first-order valence-corrected chi connectivity index (χ1v) is 7.31. The van der Waals surface area contributed by atoms with E-state index in [0.717, 1.165) is 18.5 Å². The SMILES string of the molecule is Cc1c(C(=O)N2CCCC2C(C)(C)O)cnn1C(C)C. The van der Waals surface area contributed by atoms with E-state index in [-0.39, 0.29) is 18.0 Å². The fourth-order valence-electron chi connectivity index (χ4n) is 3.05. The zero-order valence-electron chi connectivity index (χ0n) is 13.1. The summed E-state index contributed by atoms with van der Waals surface area (Å²) in [7, 11) is 0. The second kappa shape index (κ2) is 5.20. The highest BCUT2D eigenvalue weighted by Crippen LogP contribution is 2.29. The molecular weight excluding hydrogens is 254 g/mol. The molecule has 112 valence electrons. The van der Waals surface area contributed by atoms with Crippen molar-refractivity contribution >= 4 is 5.91 Å². The molecule has 2 heterocycles. The molecule has 0 spiro atoms. The van der Waals surface area contributed by atoms with Gasteiger partial charge in [-0.05, 0) is 47.5 Å². The van der Waals surface area contributed by atoms with Gasteiger partial charge in [-0.3, -0.25) is 9.48 Å². The Kier molecular flexibility index (Phi) is 3.91. The third kappa shape index (κ3) is 2.59. The Morgan fingerprint density at radius 2 is 2.15 bits per heavy atom. The van der Waals surface area contributed by atoms with Gasteiger partial charge < -0.3 is 10.0 Å². The lowest BCUT2D eigenvalue weighted by molar-refractivity contribution is 0.000295. The highest BCUT2D eigenvalue weighted by atomic mass is 16.3. The van der Waals surface area contributed by atoms with Crippen molar-refractivity contribution in [3.05, 3.63) is 17.5 Å². The van der Waals surface area contributed by atoms with Crippen LogP contribution in [0.1, 0.15) is 62.6 Å². The van der Waals surface area contributed by atoms with E-state index in [1.807, 2.05) is 25.5 Å². The van der Waals surface area contributed by atoms with E-state index in [0.29, 0.717) is 12.1 Å². The fraction of sp³-hybridized carbons (Fsp3) is 0.733. The summed E-state index contributed by atoms with van der Waals surface area (Å²) in [6.07, 6.45) is 3.45. The van der Waals surface area contributed by atoms with Crippen molar-refractivity contribution in [1.29, 1.82) is 0 Å². The zero-order chi connectivity index (χ0) is 15.1. The summed E-state index contributed by atoms with van der Waals surface area (Å²) in [5.41, 5.74) is 0.676. The first kappa shape index (κ1) is 15.0. The van der Waals surface area contributed by atoms with Crippen molar-refractivity contribution in [3.63, 3.8) is 0 Å². The van der Waals surface area contributed by atoms with Crippen LogP contribution in [0.4, 0.5) is 0 Å². The van der Waals surface area contributed by atoms with Crippen LogP contribution in [0.15, 0.2) is 6.20 Å². The molecule has 1 amide bonds. The summed E-state index contributed by atoms with van der Waals surface area (Å²) < 4.78 is 1.86. The van der Waals surface area contributed by atoms with Gasteiger partial charge in [0.15, 0.2) is 0 Å². The Morgan fingerprint density at radius 1 is 1.50 bits per heavy atom. The van der Waals surface area contributed by atoms with Crippen LogP contribution in [-0.4, -0.2) is 43.9 Å². The fourth-order valence-corrected chi connectivity index (χ4v) is 3.05. The number of carbonyl (C=O) groups is 1. The van der Waals surface area contributed by atoms with Gasteiger partial charge in [-0.2, -0.15) is 5.10 Å². The number of rotatable bonds is 3. The molecule has 0 aromatic carbocycles. The molecule has 1 N–H and O–H groups in total. The molecule has 1 aromatic rings. The van der Waals surface area contributed by atoms with Crippen LogP contribution in [0.2, 0.25) is 0 Å². The second-order valence-electron chi connectivity index (χ2n) is 6.49. The first-order valence-electron chi connectivity index (χ1n) is 7.31. The van der Waals surface area contributed by atoms with Crippen molar-refractivity contribution in [2.24, 2.45) is 0 Å². The number of likely N-dealkylation sites (tertiary alicyclic amines) is 1. The van der Waals surface area contributed by atoms with Gasteiger partial charge in [-0.25, -0.2) is 0 Å². The monoisotopic (exact) mass is 279 g/mol. The Hall–Kier alpha value is -1.36. The lowest BCUT2D eigenvalue weighted by atomic mass is 9.96. The van der Waals surface area contributed by atoms with Gasteiger partial charge in [0.1, 0.15) is 0 Å². The molecule has 1 aromatic heterocycles. The molecule has 1 aliphatic rings. The van der Waals surface area contributed by atoms with Crippen LogP contribution in [-0.2, 0) is 0 Å². The normalized spacial score (nSPS) is 19.9. The van der Waals surface area contributed by atoms with Crippen LogP contribution in [0, 0.1) is 6.92 Å². The smallest absolute Gasteiger partial charge is 0.257 e. The van der Waals surface area contributed by atoms with Crippen LogP contribution in [0.25, 0.3) is 0 Å². The average molecular weight is 279 g/mol. The second-order valence-corrected chi connectivity index (χ2v) is 6.49. The predicted octanol–water partition coefficient (Wildman–Crippen LogP) is 2.15. The molecule has 0 saturated carbocycles. The van der Waals surface area contributed by atoms with E-state index < -0.39 is 5.60 Å². The Balaban J connectivity index is 2.28. The van der Waals surface area contributed by atoms with Crippen molar-refractivity contribution in [3.8, 4) is 0 Å². The van der Waals surface area contributed by atoms with Crippen LogP contribution >= 0.6 is 0 Å². The largest absolute Gasteiger partial charge is 0.388 e. The van der Waals surface area contributed by atoms with Gasteiger partial charge in [-0.15, -0.1) is 0 Å². The standard InChI is InChI=1S/C15H25N3O2/c1-10(2)18-11(3)12(9-16-18)14(19)17-8-6-7-13(17)15(4,5)20/h9-10,13,20H,6-8H2,1-5H3. The molecule has 1 unspecified atom stereocenters. The van der Waals surface area contributed by atoms with Gasteiger partial charge in [0.05, 0.1) is 23.4 Å². The molecule has 20 heavy (non-hydrogen) atoms. The molecule has 2 rings (SSSR count). The number of hydrogen-bond acceptors (Lipinski definition) is 3. The van der Waals surface area contributed by atoms with Crippen LogP contribution in [0.5, 0.6) is 0 Å². The first-order chi connectivity index (χ1) is 9.23. The Bertz CT molecular complexity index is 500. The van der Waals surface area contributed by atoms with E-state index in [1.165, 1.54) is 0 Å². The highest BCUT2D eigenvalue weighted by Gasteiger charge is 2.39. The van der Waals surface area contributed by atoms with Gasteiger partial charge >= 0.3 is 0 Å². The topological polar surface area (TPSA) is 58.4 Å². The van der Waals surface area contributed by atoms with Crippen molar-refractivity contribution < 1.29 is 9.90 Å². The lowest BCUT2D eigenvalue weighted by Crippen LogP contribution is -2.48. The maximum absolute atomic E-state index is 12.7. The third-order valence-electron chi connectivity index (χ3n) is 4.09. The van der Waals surface area contributed by atoms with Gasteiger partial charge in [0.25, 0.3) is 5.91 Å². The van der Waals surface area contributed by atoms with Gasteiger partial charge in [-0.1, -0.05) is 0 Å². The maximum atomic E-state index is 12.7. The quantitative estimate of drug-likeness (QED) is 0.922. The van der Waals surface area contributed by atoms with E-state index in [1.54, 1.807) is 24.9 Å². The number of amides is 1. The molecule has 1 aliphatic heterocycles. The summed E-state index contributed by atoms with van der Waals surface area (Å²) in [6, 6.07) is 0.122. The number of aromatic nitrogens is 2. The van der Waals surface area contributed by atoms with Crippen molar-refractivity contribution in [1.82, 2.24) is 14.7 Å². The minimum absolute atomic E-state index is 0.0148. The molecule has 0 aliphatic carbocycles. The predicted molar refractivity (Wildman–Crippen MR) is 77.7 cm³/mol.